The highest BCUT2D eigenvalue weighted by atomic mass is 32.2. The number of nitrogens with zero attached hydrogens (tertiary/aromatic N) is 3. The number of halogens is 1. The topological polar surface area (TPSA) is 83.0 Å². The molecule has 9 heteroatoms. The van der Waals surface area contributed by atoms with Gasteiger partial charge in [0.15, 0.2) is 0 Å². The first-order valence-electron chi connectivity index (χ1n) is 13.2. The Morgan fingerprint density at radius 3 is 2.51 bits per heavy atom. The Balaban J connectivity index is 1.67. The summed E-state index contributed by atoms with van der Waals surface area (Å²) in [6, 6.07) is 15.5. The molecule has 0 saturated carbocycles. The molecule has 3 aromatic rings. The summed E-state index contributed by atoms with van der Waals surface area (Å²) >= 11 is 0. The molecular weight excluding hydrogens is 517 g/mol. The van der Waals surface area contributed by atoms with Gasteiger partial charge < -0.3 is 14.7 Å². The molecule has 2 aliphatic heterocycles. The van der Waals surface area contributed by atoms with Crippen molar-refractivity contribution in [3.05, 3.63) is 77.2 Å². The molecule has 0 aliphatic carbocycles. The van der Waals surface area contributed by atoms with Gasteiger partial charge in [0.1, 0.15) is 22.5 Å². The van der Waals surface area contributed by atoms with Crippen LogP contribution in [0.2, 0.25) is 0 Å². The SMILES string of the molecule is CC(C)(C)[S@@](=O)N1Cc2cc(C(=O)N3CCOCC3)nc(-c3cccc(-c4ccccc4F)c3)c2[C@H]1CCO. The van der Waals surface area contributed by atoms with E-state index in [1.165, 1.54) is 6.07 Å². The summed E-state index contributed by atoms with van der Waals surface area (Å²) in [7, 11) is -1.36. The Bertz CT molecular complexity index is 1400. The predicted molar refractivity (Wildman–Crippen MR) is 150 cm³/mol. The van der Waals surface area contributed by atoms with Crippen molar-refractivity contribution in [2.24, 2.45) is 0 Å². The number of morpholine rings is 1. The van der Waals surface area contributed by atoms with Gasteiger partial charge in [0, 0.05) is 42.9 Å². The zero-order valence-electron chi connectivity index (χ0n) is 22.5. The van der Waals surface area contributed by atoms with Crippen LogP contribution in [0.3, 0.4) is 0 Å². The summed E-state index contributed by atoms with van der Waals surface area (Å²) in [6.45, 7) is 7.98. The Morgan fingerprint density at radius 1 is 1.10 bits per heavy atom. The minimum absolute atomic E-state index is 0.0921. The van der Waals surface area contributed by atoms with Crippen molar-refractivity contribution in [1.29, 1.82) is 0 Å². The third-order valence-electron chi connectivity index (χ3n) is 7.13. The number of aliphatic hydroxyl groups is 1. The van der Waals surface area contributed by atoms with Gasteiger partial charge in [0.25, 0.3) is 5.91 Å². The van der Waals surface area contributed by atoms with Crippen LogP contribution in [0, 0.1) is 5.82 Å². The average molecular weight is 552 g/mol. The Hall–Kier alpha value is -2.98. The maximum Gasteiger partial charge on any atom is 0.272 e. The minimum atomic E-state index is -1.36. The largest absolute Gasteiger partial charge is 0.396 e. The highest BCUT2D eigenvalue weighted by molar-refractivity contribution is 7.84. The number of hydrogen-bond donors (Lipinski definition) is 1. The van der Waals surface area contributed by atoms with Crippen LogP contribution in [0.4, 0.5) is 4.39 Å². The molecule has 3 heterocycles. The lowest BCUT2D eigenvalue weighted by Crippen LogP contribution is -2.41. The van der Waals surface area contributed by atoms with Crippen LogP contribution in [0.5, 0.6) is 0 Å². The molecule has 1 N–H and O–H groups in total. The molecule has 1 saturated heterocycles. The highest BCUT2D eigenvalue weighted by Crippen LogP contribution is 2.44. The fourth-order valence-corrected chi connectivity index (χ4v) is 6.66. The van der Waals surface area contributed by atoms with E-state index in [9.17, 15) is 18.5 Å². The fourth-order valence-electron chi connectivity index (χ4n) is 5.26. The Morgan fingerprint density at radius 2 is 1.82 bits per heavy atom. The normalized spacial score (nSPS) is 18.7. The van der Waals surface area contributed by atoms with Crippen LogP contribution in [0.1, 0.15) is 54.8 Å². The van der Waals surface area contributed by atoms with Gasteiger partial charge in [-0.15, -0.1) is 0 Å². The van der Waals surface area contributed by atoms with Crippen molar-refractivity contribution < 1.29 is 23.2 Å². The van der Waals surface area contributed by atoms with E-state index in [1.807, 2.05) is 55.4 Å². The van der Waals surface area contributed by atoms with Crippen molar-refractivity contribution in [2.75, 3.05) is 32.9 Å². The van der Waals surface area contributed by atoms with Crippen LogP contribution in [-0.2, 0) is 22.3 Å². The van der Waals surface area contributed by atoms with Crippen LogP contribution in [0.25, 0.3) is 22.4 Å². The van der Waals surface area contributed by atoms with Crippen LogP contribution < -0.4 is 0 Å². The number of aliphatic hydroxyl groups excluding tert-OH is 1. The molecule has 5 rings (SSSR count). The van der Waals surface area contributed by atoms with Crippen molar-refractivity contribution in [3.63, 3.8) is 0 Å². The molecule has 1 amide bonds. The number of pyridine rings is 1. The van der Waals surface area contributed by atoms with E-state index in [0.29, 0.717) is 61.8 Å². The first-order valence-corrected chi connectivity index (χ1v) is 14.4. The number of carbonyl (C=O) groups is 1. The van der Waals surface area contributed by atoms with Crippen molar-refractivity contribution in [2.45, 2.75) is 44.5 Å². The molecule has 0 radical (unpaired) electrons. The second kappa shape index (κ2) is 11.3. The second-order valence-corrected chi connectivity index (χ2v) is 13.1. The lowest BCUT2D eigenvalue weighted by molar-refractivity contribution is 0.0299. The van der Waals surface area contributed by atoms with Gasteiger partial charge in [-0.1, -0.05) is 36.4 Å². The zero-order chi connectivity index (χ0) is 27.7. The standard InChI is InChI=1S/C30H34FN3O4S/c1-30(2,3)39(37)34-19-22-18-25(29(36)33-12-15-38-16-13-33)32-28(27(22)26(34)11-14-35)21-8-6-7-20(17-21)23-9-4-5-10-24(23)31/h4-10,17-18,26,35H,11-16,19H2,1-3H3/t26-,39-/m1/s1. The number of carbonyl (C=O) groups excluding carboxylic acids is 1. The van der Waals surface area contributed by atoms with Gasteiger partial charge in [-0.2, -0.15) is 0 Å². The van der Waals surface area contributed by atoms with Gasteiger partial charge in [-0.05, 0) is 56.5 Å². The number of ether oxygens (including phenoxy) is 1. The van der Waals surface area contributed by atoms with Crippen molar-refractivity contribution >= 4 is 16.9 Å². The van der Waals surface area contributed by atoms with E-state index in [0.717, 1.165) is 16.7 Å². The first-order chi connectivity index (χ1) is 18.7. The third-order valence-corrected chi connectivity index (χ3v) is 8.99. The number of fused-ring (bicyclic) bond motifs is 1. The highest BCUT2D eigenvalue weighted by Gasteiger charge is 2.40. The predicted octanol–water partition coefficient (Wildman–Crippen LogP) is 4.73. The van der Waals surface area contributed by atoms with Gasteiger partial charge >= 0.3 is 0 Å². The minimum Gasteiger partial charge on any atom is -0.396 e. The molecule has 0 spiro atoms. The number of amides is 1. The van der Waals surface area contributed by atoms with E-state index in [1.54, 1.807) is 23.1 Å². The lowest BCUT2D eigenvalue weighted by atomic mass is 9.94. The molecule has 7 nitrogen and oxygen atoms in total. The van der Waals surface area contributed by atoms with E-state index < -0.39 is 15.7 Å². The summed E-state index contributed by atoms with van der Waals surface area (Å²) in [5.74, 6) is -0.504. The van der Waals surface area contributed by atoms with Gasteiger partial charge in [-0.3, -0.25) is 4.79 Å². The smallest absolute Gasteiger partial charge is 0.272 e. The molecule has 2 aromatic carbocycles. The molecule has 1 aromatic heterocycles. The van der Waals surface area contributed by atoms with E-state index in [4.69, 9.17) is 9.72 Å². The number of hydrogen-bond acceptors (Lipinski definition) is 5. The molecular formula is C30H34FN3O4S. The monoisotopic (exact) mass is 551 g/mol. The van der Waals surface area contributed by atoms with Crippen molar-refractivity contribution in [1.82, 2.24) is 14.2 Å². The number of aromatic nitrogens is 1. The summed E-state index contributed by atoms with van der Waals surface area (Å²) < 4.78 is 35.1. The lowest BCUT2D eigenvalue weighted by Gasteiger charge is -2.30. The fraction of sp³-hybridized carbons (Fsp3) is 0.400. The van der Waals surface area contributed by atoms with E-state index >= 15 is 0 Å². The zero-order valence-corrected chi connectivity index (χ0v) is 23.3. The Kier molecular flexibility index (Phi) is 7.96. The summed E-state index contributed by atoms with van der Waals surface area (Å²) in [5.41, 5.74) is 4.52. The van der Waals surface area contributed by atoms with Gasteiger partial charge in [-0.25, -0.2) is 17.9 Å². The maximum atomic E-state index is 14.7. The summed E-state index contributed by atoms with van der Waals surface area (Å²) in [4.78, 5) is 20.2. The molecule has 39 heavy (non-hydrogen) atoms. The van der Waals surface area contributed by atoms with Gasteiger partial charge in [0.05, 0.1) is 29.7 Å². The maximum absolute atomic E-state index is 14.7. The molecule has 206 valence electrons. The number of rotatable bonds is 6. The van der Waals surface area contributed by atoms with E-state index in [-0.39, 0.29) is 24.4 Å². The van der Waals surface area contributed by atoms with Crippen LogP contribution in [0.15, 0.2) is 54.6 Å². The number of benzene rings is 2. The second-order valence-electron chi connectivity index (χ2n) is 10.9. The van der Waals surface area contributed by atoms with E-state index in [2.05, 4.69) is 0 Å². The molecule has 2 atom stereocenters. The first kappa shape index (κ1) is 27.6. The van der Waals surface area contributed by atoms with Crippen LogP contribution in [-0.4, -0.2) is 67.1 Å². The van der Waals surface area contributed by atoms with Crippen molar-refractivity contribution in [3.8, 4) is 22.4 Å². The van der Waals surface area contributed by atoms with Gasteiger partial charge in [0.2, 0.25) is 0 Å². The average Bonchev–Trinajstić information content (AvgIpc) is 3.30. The molecule has 1 fully saturated rings. The summed E-state index contributed by atoms with van der Waals surface area (Å²) in [6.07, 6.45) is 0.368. The quantitative estimate of drug-likeness (QED) is 0.479. The Labute approximate surface area is 231 Å². The molecule has 0 unspecified atom stereocenters. The third kappa shape index (κ3) is 5.54. The van der Waals surface area contributed by atoms with Crippen LogP contribution >= 0.6 is 0 Å². The molecule has 0 bridgehead atoms. The summed E-state index contributed by atoms with van der Waals surface area (Å²) in [5, 5.41) is 9.99. The molecule has 2 aliphatic rings.